The topological polar surface area (TPSA) is 64.3 Å². The van der Waals surface area contributed by atoms with Crippen LogP contribution in [0.4, 0.5) is 0 Å². The maximum Gasteiger partial charge on any atom is 0.258 e. The minimum absolute atomic E-state index is 0. The van der Waals surface area contributed by atoms with Crippen LogP contribution >= 0.6 is 24.0 Å². The lowest BCUT2D eigenvalue weighted by atomic mass is 10.1. The largest absolute Gasteiger partial charge is 0.482 e. The van der Waals surface area contributed by atoms with Gasteiger partial charge >= 0.3 is 0 Å². The highest BCUT2D eigenvalue weighted by Crippen LogP contribution is 2.30. The fourth-order valence-electron chi connectivity index (χ4n) is 1.95. The summed E-state index contributed by atoms with van der Waals surface area (Å²) in [6.45, 7) is 3.97. The molecule has 3 N–H and O–H groups in total. The SMILES string of the molecule is CC(C)(N)CNC(=O)COc1ccc(-c2ccccc2)cc1Cl.Cl. The molecule has 0 spiro atoms. The molecule has 0 saturated carbocycles. The Kier molecular flexibility index (Phi) is 7.55. The summed E-state index contributed by atoms with van der Waals surface area (Å²) in [5.41, 5.74) is 7.43. The van der Waals surface area contributed by atoms with Crippen molar-refractivity contribution in [2.24, 2.45) is 5.73 Å². The zero-order valence-corrected chi connectivity index (χ0v) is 15.3. The van der Waals surface area contributed by atoms with Gasteiger partial charge in [-0.25, -0.2) is 0 Å². The van der Waals surface area contributed by atoms with Crippen molar-refractivity contribution in [3.8, 4) is 16.9 Å². The van der Waals surface area contributed by atoms with Crippen LogP contribution in [-0.4, -0.2) is 24.6 Å². The zero-order chi connectivity index (χ0) is 16.9. The molecule has 0 radical (unpaired) electrons. The van der Waals surface area contributed by atoms with Gasteiger partial charge in [0.05, 0.1) is 5.02 Å². The number of amides is 1. The third kappa shape index (κ3) is 6.40. The molecule has 0 aliphatic heterocycles. The average molecular weight is 369 g/mol. The van der Waals surface area contributed by atoms with Crippen LogP contribution in [0.15, 0.2) is 48.5 Å². The van der Waals surface area contributed by atoms with E-state index >= 15 is 0 Å². The van der Waals surface area contributed by atoms with E-state index in [0.29, 0.717) is 17.3 Å². The Balaban J connectivity index is 0.00000288. The molecule has 6 heteroatoms. The number of carbonyl (C=O) groups excluding carboxylic acids is 1. The van der Waals surface area contributed by atoms with E-state index in [1.165, 1.54) is 0 Å². The van der Waals surface area contributed by atoms with Gasteiger partial charge in [0, 0.05) is 12.1 Å². The molecule has 0 aliphatic carbocycles. The van der Waals surface area contributed by atoms with E-state index in [4.69, 9.17) is 22.1 Å². The van der Waals surface area contributed by atoms with Crippen molar-refractivity contribution in [1.82, 2.24) is 5.32 Å². The van der Waals surface area contributed by atoms with E-state index in [1.54, 1.807) is 6.07 Å². The van der Waals surface area contributed by atoms with Crippen molar-refractivity contribution in [3.05, 3.63) is 53.6 Å². The lowest BCUT2D eigenvalue weighted by molar-refractivity contribution is -0.123. The molecule has 2 aromatic rings. The monoisotopic (exact) mass is 368 g/mol. The molecule has 0 saturated heterocycles. The lowest BCUT2D eigenvalue weighted by Gasteiger charge is -2.19. The molecule has 4 nitrogen and oxygen atoms in total. The summed E-state index contributed by atoms with van der Waals surface area (Å²) < 4.78 is 5.47. The number of carbonyl (C=O) groups is 1. The minimum atomic E-state index is -0.454. The van der Waals surface area contributed by atoms with Gasteiger partial charge in [-0.2, -0.15) is 0 Å². The first-order valence-electron chi connectivity index (χ1n) is 7.38. The molecule has 0 fully saturated rings. The Hall–Kier alpha value is -1.75. The van der Waals surface area contributed by atoms with Gasteiger partial charge in [-0.15, -0.1) is 12.4 Å². The van der Waals surface area contributed by atoms with Crippen molar-refractivity contribution >= 4 is 29.9 Å². The third-order valence-electron chi connectivity index (χ3n) is 3.14. The Labute approximate surface area is 153 Å². The van der Waals surface area contributed by atoms with Crippen LogP contribution in [0.5, 0.6) is 5.75 Å². The van der Waals surface area contributed by atoms with Crippen LogP contribution in [0.2, 0.25) is 5.02 Å². The summed E-state index contributed by atoms with van der Waals surface area (Å²) in [5.74, 6) is 0.250. The summed E-state index contributed by atoms with van der Waals surface area (Å²) in [7, 11) is 0. The molecule has 0 unspecified atom stereocenters. The molecule has 24 heavy (non-hydrogen) atoms. The number of rotatable bonds is 6. The highest BCUT2D eigenvalue weighted by molar-refractivity contribution is 6.32. The normalized spacial score (nSPS) is 10.7. The molecular weight excluding hydrogens is 347 g/mol. The second-order valence-corrected chi connectivity index (χ2v) is 6.47. The molecular formula is C18H22Cl2N2O2. The van der Waals surface area contributed by atoms with Gasteiger partial charge < -0.3 is 15.8 Å². The van der Waals surface area contributed by atoms with Crippen molar-refractivity contribution in [3.63, 3.8) is 0 Å². The summed E-state index contributed by atoms with van der Waals surface area (Å²) in [4.78, 5) is 11.7. The second kappa shape index (κ2) is 8.92. The van der Waals surface area contributed by atoms with Crippen LogP contribution < -0.4 is 15.8 Å². The van der Waals surface area contributed by atoms with Crippen molar-refractivity contribution in [1.29, 1.82) is 0 Å². The van der Waals surface area contributed by atoms with E-state index in [9.17, 15) is 4.79 Å². The predicted molar refractivity (Wildman–Crippen MR) is 101 cm³/mol. The van der Waals surface area contributed by atoms with Crippen molar-refractivity contribution in [2.75, 3.05) is 13.2 Å². The van der Waals surface area contributed by atoms with Crippen LogP contribution in [0.25, 0.3) is 11.1 Å². The molecule has 0 aliphatic rings. The van der Waals surface area contributed by atoms with Crippen LogP contribution in [0.3, 0.4) is 0 Å². The molecule has 1 amide bonds. The van der Waals surface area contributed by atoms with Crippen LogP contribution in [-0.2, 0) is 4.79 Å². The number of ether oxygens (including phenoxy) is 1. The first-order chi connectivity index (χ1) is 10.8. The number of hydrogen-bond acceptors (Lipinski definition) is 3. The number of halogens is 2. The average Bonchev–Trinajstić information content (AvgIpc) is 2.52. The summed E-state index contributed by atoms with van der Waals surface area (Å²) >= 11 is 6.24. The fourth-order valence-corrected chi connectivity index (χ4v) is 2.18. The maximum atomic E-state index is 11.7. The predicted octanol–water partition coefficient (Wildman–Crippen LogP) is 3.66. The minimum Gasteiger partial charge on any atom is -0.482 e. The number of benzene rings is 2. The summed E-state index contributed by atoms with van der Waals surface area (Å²) in [5, 5.41) is 3.19. The fraction of sp³-hybridized carbons (Fsp3) is 0.278. The highest BCUT2D eigenvalue weighted by Gasteiger charge is 2.13. The maximum absolute atomic E-state index is 11.7. The molecule has 2 aromatic carbocycles. The highest BCUT2D eigenvalue weighted by atomic mass is 35.5. The van der Waals surface area contributed by atoms with E-state index in [-0.39, 0.29) is 24.9 Å². The first-order valence-corrected chi connectivity index (χ1v) is 7.76. The van der Waals surface area contributed by atoms with E-state index in [0.717, 1.165) is 11.1 Å². The van der Waals surface area contributed by atoms with Gasteiger partial charge in [-0.1, -0.05) is 48.0 Å². The standard InChI is InChI=1S/C18H21ClN2O2.ClH/c1-18(2,20)12-21-17(22)11-23-16-9-8-14(10-15(16)19)13-6-4-3-5-7-13;/h3-10H,11-12,20H2,1-2H3,(H,21,22);1H. The molecule has 130 valence electrons. The van der Waals surface area contributed by atoms with Gasteiger partial charge in [-0.05, 0) is 37.1 Å². The number of hydrogen-bond donors (Lipinski definition) is 2. The molecule has 0 atom stereocenters. The smallest absolute Gasteiger partial charge is 0.258 e. The van der Waals surface area contributed by atoms with E-state index in [2.05, 4.69) is 5.32 Å². The van der Waals surface area contributed by atoms with E-state index in [1.807, 2.05) is 56.3 Å². The van der Waals surface area contributed by atoms with Gasteiger partial charge in [0.2, 0.25) is 0 Å². The quantitative estimate of drug-likeness (QED) is 0.817. The molecule has 0 aromatic heterocycles. The Morgan fingerprint density at radius 1 is 1.17 bits per heavy atom. The Morgan fingerprint density at radius 3 is 2.42 bits per heavy atom. The summed E-state index contributed by atoms with van der Waals surface area (Å²) in [6.07, 6.45) is 0. The second-order valence-electron chi connectivity index (χ2n) is 6.07. The van der Waals surface area contributed by atoms with Crippen LogP contribution in [0.1, 0.15) is 13.8 Å². The van der Waals surface area contributed by atoms with Crippen molar-refractivity contribution < 1.29 is 9.53 Å². The molecule has 0 heterocycles. The van der Waals surface area contributed by atoms with Crippen LogP contribution in [0, 0.1) is 0 Å². The van der Waals surface area contributed by atoms with E-state index < -0.39 is 5.54 Å². The summed E-state index contributed by atoms with van der Waals surface area (Å²) in [6, 6.07) is 15.4. The zero-order valence-electron chi connectivity index (χ0n) is 13.7. The third-order valence-corrected chi connectivity index (χ3v) is 3.43. The van der Waals surface area contributed by atoms with Gasteiger partial charge in [0.25, 0.3) is 5.91 Å². The Morgan fingerprint density at radius 2 is 1.83 bits per heavy atom. The van der Waals surface area contributed by atoms with Gasteiger partial charge in [0.15, 0.2) is 6.61 Å². The first kappa shape index (κ1) is 20.3. The molecule has 2 rings (SSSR count). The van der Waals surface area contributed by atoms with Gasteiger partial charge in [0.1, 0.15) is 5.75 Å². The lowest BCUT2D eigenvalue weighted by Crippen LogP contribution is -2.46. The van der Waals surface area contributed by atoms with Gasteiger partial charge in [-0.3, -0.25) is 4.79 Å². The number of nitrogens with two attached hydrogens (primary N) is 1. The molecule has 0 bridgehead atoms. The van der Waals surface area contributed by atoms with Crippen molar-refractivity contribution in [2.45, 2.75) is 19.4 Å². The number of nitrogens with one attached hydrogen (secondary N) is 1. The Bertz CT molecular complexity index is 670.